The summed E-state index contributed by atoms with van der Waals surface area (Å²) in [6.07, 6.45) is 0. The van der Waals surface area contributed by atoms with Crippen LogP contribution in [0.4, 0.5) is 29.3 Å². The summed E-state index contributed by atoms with van der Waals surface area (Å²) in [6.45, 7) is 7.29. The normalized spacial score (nSPS) is 11.3. The van der Waals surface area contributed by atoms with E-state index in [0.717, 1.165) is 19.6 Å². The van der Waals surface area contributed by atoms with Crippen molar-refractivity contribution in [3.63, 3.8) is 0 Å². The van der Waals surface area contributed by atoms with Crippen LogP contribution in [-0.2, 0) is 0 Å². The van der Waals surface area contributed by atoms with E-state index in [4.69, 9.17) is 0 Å². The number of anilines is 2. The van der Waals surface area contributed by atoms with Crippen LogP contribution in [0.3, 0.4) is 0 Å². The zero-order valence-electron chi connectivity index (χ0n) is 17.3. The molecule has 3 N–H and O–H groups in total. The highest BCUT2D eigenvalue weighted by molar-refractivity contribution is 8.00. The maximum Gasteiger partial charge on any atom is 0.446 e. The smallest absolute Gasteiger partial charge is 0.351 e. The lowest BCUT2D eigenvalue weighted by molar-refractivity contribution is -0.0328. The van der Waals surface area contributed by atoms with Gasteiger partial charge in [0.1, 0.15) is 0 Å². The Morgan fingerprint density at radius 2 is 1.42 bits per heavy atom. The van der Waals surface area contributed by atoms with E-state index in [-0.39, 0.29) is 22.6 Å². The number of thioether (sulfide) groups is 1. The van der Waals surface area contributed by atoms with Crippen molar-refractivity contribution in [2.24, 2.45) is 0 Å². The maximum atomic E-state index is 12.4. The monoisotopic (exact) mass is 454 g/mol. The number of carbonyl (C=O) groups excluding carboxylic acids is 2. The third kappa shape index (κ3) is 8.89. The SMILES string of the molecule is CCN(CC)CCNC(=O)c1ccc(NC(=O)Nc2ccc(SC(F)(F)F)cc2)cc1. The molecule has 0 fully saturated rings. The van der Waals surface area contributed by atoms with Gasteiger partial charge < -0.3 is 20.9 Å². The quantitative estimate of drug-likeness (QED) is 0.466. The van der Waals surface area contributed by atoms with E-state index in [0.29, 0.717) is 23.5 Å². The van der Waals surface area contributed by atoms with Gasteiger partial charge in [-0.3, -0.25) is 4.79 Å². The van der Waals surface area contributed by atoms with Crippen molar-refractivity contribution in [3.05, 3.63) is 54.1 Å². The van der Waals surface area contributed by atoms with Gasteiger partial charge in [-0.2, -0.15) is 13.2 Å². The van der Waals surface area contributed by atoms with Crippen molar-refractivity contribution in [2.45, 2.75) is 24.3 Å². The van der Waals surface area contributed by atoms with Crippen LogP contribution < -0.4 is 16.0 Å². The predicted molar refractivity (Wildman–Crippen MR) is 118 cm³/mol. The number of carbonyl (C=O) groups is 2. The van der Waals surface area contributed by atoms with Gasteiger partial charge in [0.2, 0.25) is 0 Å². The third-order valence-electron chi connectivity index (χ3n) is 4.36. The number of nitrogens with one attached hydrogen (secondary N) is 3. The molecule has 31 heavy (non-hydrogen) atoms. The molecule has 0 aromatic heterocycles. The molecule has 0 aliphatic rings. The highest BCUT2D eigenvalue weighted by atomic mass is 32.2. The van der Waals surface area contributed by atoms with Crippen LogP contribution in [0.15, 0.2) is 53.4 Å². The molecule has 0 unspecified atom stereocenters. The van der Waals surface area contributed by atoms with Crippen molar-refractivity contribution in [1.29, 1.82) is 0 Å². The molecule has 0 saturated carbocycles. The first-order chi connectivity index (χ1) is 14.7. The van der Waals surface area contributed by atoms with Crippen molar-refractivity contribution in [3.8, 4) is 0 Å². The fraction of sp³-hybridized carbons (Fsp3) is 0.333. The lowest BCUT2D eigenvalue weighted by Gasteiger charge is -2.18. The highest BCUT2D eigenvalue weighted by Crippen LogP contribution is 2.37. The summed E-state index contributed by atoms with van der Waals surface area (Å²) >= 11 is -0.220. The topological polar surface area (TPSA) is 73.5 Å². The van der Waals surface area contributed by atoms with E-state index in [1.54, 1.807) is 24.3 Å². The lowest BCUT2D eigenvalue weighted by atomic mass is 10.2. The lowest BCUT2D eigenvalue weighted by Crippen LogP contribution is -2.34. The summed E-state index contributed by atoms with van der Waals surface area (Å²) in [5.74, 6) is -0.194. The summed E-state index contributed by atoms with van der Waals surface area (Å²) in [6, 6.07) is 11.2. The van der Waals surface area contributed by atoms with Crippen molar-refractivity contribution in [2.75, 3.05) is 36.8 Å². The van der Waals surface area contributed by atoms with E-state index in [1.807, 2.05) is 0 Å². The number of halogens is 3. The van der Waals surface area contributed by atoms with E-state index in [9.17, 15) is 22.8 Å². The summed E-state index contributed by atoms with van der Waals surface area (Å²) < 4.78 is 37.1. The van der Waals surface area contributed by atoms with Crippen LogP contribution in [0.2, 0.25) is 0 Å². The molecule has 3 amide bonds. The van der Waals surface area contributed by atoms with Crippen molar-refractivity contribution in [1.82, 2.24) is 10.2 Å². The minimum Gasteiger partial charge on any atom is -0.351 e. The first-order valence-electron chi connectivity index (χ1n) is 9.74. The Kier molecular flexibility index (Phi) is 9.20. The Morgan fingerprint density at radius 1 is 0.903 bits per heavy atom. The van der Waals surface area contributed by atoms with Crippen LogP contribution in [-0.4, -0.2) is 48.5 Å². The van der Waals surface area contributed by atoms with Gasteiger partial charge in [0.05, 0.1) is 0 Å². The van der Waals surface area contributed by atoms with Crippen LogP contribution >= 0.6 is 11.8 Å². The molecule has 0 heterocycles. The minimum atomic E-state index is -4.36. The van der Waals surface area contributed by atoms with Gasteiger partial charge in [0.25, 0.3) is 5.91 Å². The highest BCUT2D eigenvalue weighted by Gasteiger charge is 2.29. The van der Waals surface area contributed by atoms with Gasteiger partial charge in [-0.1, -0.05) is 13.8 Å². The minimum absolute atomic E-state index is 0.0319. The number of benzene rings is 2. The summed E-state index contributed by atoms with van der Waals surface area (Å²) in [5, 5.41) is 8.01. The first-order valence-corrected chi connectivity index (χ1v) is 10.6. The number of hydrogen-bond acceptors (Lipinski definition) is 4. The second-order valence-corrected chi connectivity index (χ2v) is 7.65. The molecule has 0 bridgehead atoms. The molecule has 0 spiro atoms. The number of hydrogen-bond donors (Lipinski definition) is 3. The summed E-state index contributed by atoms with van der Waals surface area (Å²) in [4.78, 5) is 26.5. The molecule has 168 valence electrons. The molecule has 0 atom stereocenters. The van der Waals surface area contributed by atoms with Gasteiger partial charge in [0, 0.05) is 34.9 Å². The Balaban J connectivity index is 1.82. The molecule has 2 aromatic carbocycles. The van der Waals surface area contributed by atoms with E-state index >= 15 is 0 Å². The molecule has 0 aliphatic heterocycles. The van der Waals surface area contributed by atoms with E-state index < -0.39 is 11.5 Å². The third-order valence-corrected chi connectivity index (χ3v) is 5.10. The Hall–Kier alpha value is -2.72. The molecular formula is C21H25F3N4O2S. The Bertz CT molecular complexity index is 854. The Morgan fingerprint density at radius 3 is 1.90 bits per heavy atom. The number of nitrogens with zero attached hydrogens (tertiary/aromatic N) is 1. The van der Waals surface area contributed by atoms with Crippen LogP contribution in [0.5, 0.6) is 0 Å². The van der Waals surface area contributed by atoms with Gasteiger partial charge in [0.15, 0.2) is 0 Å². The second-order valence-electron chi connectivity index (χ2n) is 6.51. The average molecular weight is 455 g/mol. The number of rotatable bonds is 9. The van der Waals surface area contributed by atoms with Gasteiger partial charge >= 0.3 is 11.5 Å². The standard InChI is InChI=1S/C21H25F3N4O2S/c1-3-28(4-2)14-13-25-19(29)15-5-7-16(8-6-15)26-20(30)27-17-9-11-18(12-10-17)31-21(22,23)24/h5-12H,3-4,13-14H2,1-2H3,(H,25,29)(H2,26,27,30). The first kappa shape index (κ1) is 24.5. The number of urea groups is 1. The molecule has 6 nitrogen and oxygen atoms in total. The van der Waals surface area contributed by atoms with E-state index in [2.05, 4.69) is 34.7 Å². The second kappa shape index (κ2) is 11.6. The average Bonchev–Trinajstić information content (AvgIpc) is 2.72. The summed E-state index contributed by atoms with van der Waals surface area (Å²) in [5.41, 5.74) is -3.06. The van der Waals surface area contributed by atoms with Gasteiger partial charge in [-0.15, -0.1) is 0 Å². The maximum absolute atomic E-state index is 12.4. The van der Waals surface area contributed by atoms with E-state index in [1.165, 1.54) is 24.3 Å². The zero-order valence-corrected chi connectivity index (χ0v) is 18.1. The molecule has 0 aliphatic carbocycles. The molecular weight excluding hydrogens is 429 g/mol. The fourth-order valence-corrected chi connectivity index (χ4v) is 3.25. The van der Waals surface area contributed by atoms with Gasteiger partial charge in [-0.05, 0) is 73.4 Å². The van der Waals surface area contributed by atoms with Crippen molar-refractivity contribution >= 4 is 35.1 Å². The predicted octanol–water partition coefficient (Wildman–Crippen LogP) is 5.01. The van der Waals surface area contributed by atoms with Crippen LogP contribution in [0, 0.1) is 0 Å². The van der Waals surface area contributed by atoms with Gasteiger partial charge in [-0.25, -0.2) is 4.79 Å². The zero-order chi connectivity index (χ0) is 22.9. The van der Waals surface area contributed by atoms with Crippen LogP contribution in [0.25, 0.3) is 0 Å². The number of likely N-dealkylation sites (N-methyl/N-ethyl adjacent to an activating group) is 1. The largest absolute Gasteiger partial charge is 0.446 e. The Labute approximate surface area is 183 Å². The van der Waals surface area contributed by atoms with Crippen LogP contribution in [0.1, 0.15) is 24.2 Å². The molecule has 0 radical (unpaired) electrons. The number of alkyl halides is 3. The van der Waals surface area contributed by atoms with Crippen molar-refractivity contribution < 1.29 is 22.8 Å². The fourth-order valence-electron chi connectivity index (χ4n) is 2.71. The number of amides is 3. The molecule has 2 rings (SSSR count). The molecule has 10 heteroatoms. The molecule has 0 saturated heterocycles. The summed E-state index contributed by atoms with van der Waals surface area (Å²) in [7, 11) is 0. The molecule has 2 aromatic rings.